The second-order valence-electron chi connectivity index (χ2n) is 3.08. The van der Waals surface area contributed by atoms with Crippen LogP contribution in [0.5, 0.6) is 0 Å². The Morgan fingerprint density at radius 1 is 1.36 bits per heavy atom. The van der Waals surface area contributed by atoms with Crippen LogP contribution in [0.25, 0.3) is 0 Å². The molecule has 0 aromatic heterocycles. The summed E-state index contributed by atoms with van der Waals surface area (Å²) in [5, 5.41) is 4.33. The predicted molar refractivity (Wildman–Crippen MR) is 46.5 cm³/mol. The van der Waals surface area contributed by atoms with Crippen LogP contribution in [0, 0.1) is 0 Å². The predicted octanol–water partition coefficient (Wildman–Crippen LogP) is 0.918. The lowest BCUT2D eigenvalue weighted by atomic mass is 10.3. The number of hydrogen-bond acceptors (Lipinski definition) is 3. The fraction of sp³-hybridized carbons (Fsp3) is 0.750. The molecule has 0 aromatic rings. The summed E-state index contributed by atoms with van der Waals surface area (Å²) in [5.74, 6) is 0. The molecule has 0 fully saturated rings. The van der Waals surface area contributed by atoms with Gasteiger partial charge in [-0.3, -0.25) is 5.01 Å². The van der Waals surface area contributed by atoms with Gasteiger partial charge in [0.25, 0.3) is 0 Å². The molecule has 1 heterocycles. The Hall–Kier alpha value is -0.700. The van der Waals surface area contributed by atoms with E-state index in [9.17, 15) is 0 Å². The third kappa shape index (κ3) is 1.48. The van der Waals surface area contributed by atoms with Crippen LogP contribution in [0.3, 0.4) is 0 Å². The van der Waals surface area contributed by atoms with Crippen LogP contribution in [0.2, 0.25) is 0 Å². The molecule has 64 valence electrons. The second kappa shape index (κ2) is 3.13. The van der Waals surface area contributed by atoms with Crippen molar-refractivity contribution in [2.45, 2.75) is 19.5 Å². The van der Waals surface area contributed by atoms with E-state index < -0.39 is 0 Å². The molecule has 1 aliphatic rings. The van der Waals surface area contributed by atoms with E-state index in [0.29, 0.717) is 6.17 Å². The smallest absolute Gasteiger partial charge is 0.115 e. The van der Waals surface area contributed by atoms with Crippen LogP contribution in [-0.2, 0) is 0 Å². The van der Waals surface area contributed by atoms with Gasteiger partial charge in [0.2, 0.25) is 0 Å². The minimum absolute atomic E-state index is 0.505. The van der Waals surface area contributed by atoms with Gasteiger partial charge in [0.05, 0.1) is 0 Å². The summed E-state index contributed by atoms with van der Waals surface area (Å²) < 4.78 is 0. The lowest BCUT2D eigenvalue weighted by molar-refractivity contribution is 0.00117. The molecule has 0 spiro atoms. The number of hydrogen-bond donors (Lipinski definition) is 0. The van der Waals surface area contributed by atoms with Crippen molar-refractivity contribution in [1.82, 2.24) is 14.9 Å². The highest BCUT2D eigenvalue weighted by Gasteiger charge is 2.22. The first-order valence-electron chi connectivity index (χ1n) is 4.02. The minimum atomic E-state index is 0.505. The van der Waals surface area contributed by atoms with Gasteiger partial charge in [-0.2, -0.15) is 0 Å². The second-order valence-corrected chi connectivity index (χ2v) is 3.08. The highest BCUT2D eigenvalue weighted by atomic mass is 15.7. The molecule has 0 aromatic carbocycles. The van der Waals surface area contributed by atoms with Gasteiger partial charge >= 0.3 is 0 Å². The largest absolute Gasteiger partial charge is 0.358 e. The lowest BCUT2D eigenvalue weighted by Crippen LogP contribution is -2.43. The molecular weight excluding hydrogens is 138 g/mol. The fourth-order valence-corrected chi connectivity index (χ4v) is 1.43. The summed E-state index contributed by atoms with van der Waals surface area (Å²) in [4.78, 5) is 2.22. The Bertz CT molecular complexity index is 153. The molecule has 0 radical (unpaired) electrons. The molecule has 1 rings (SSSR count). The van der Waals surface area contributed by atoms with E-state index in [1.165, 1.54) is 0 Å². The average Bonchev–Trinajstić information content (AvgIpc) is 2.30. The fourth-order valence-electron chi connectivity index (χ4n) is 1.43. The maximum absolute atomic E-state index is 2.22. The first-order chi connectivity index (χ1) is 5.16. The minimum Gasteiger partial charge on any atom is -0.358 e. The van der Waals surface area contributed by atoms with Crippen LogP contribution >= 0.6 is 0 Å². The van der Waals surface area contributed by atoms with Gasteiger partial charge in [-0.15, -0.1) is 0 Å². The molecule has 0 bridgehead atoms. The van der Waals surface area contributed by atoms with Gasteiger partial charge in [0.1, 0.15) is 6.17 Å². The third-order valence-electron chi connectivity index (χ3n) is 2.06. The van der Waals surface area contributed by atoms with Crippen molar-refractivity contribution in [2.75, 3.05) is 21.1 Å². The molecule has 0 saturated carbocycles. The molecule has 0 N–H and O–H groups in total. The van der Waals surface area contributed by atoms with Crippen LogP contribution in [0.1, 0.15) is 13.3 Å². The van der Waals surface area contributed by atoms with Gasteiger partial charge in [0, 0.05) is 33.5 Å². The monoisotopic (exact) mass is 155 g/mol. The third-order valence-corrected chi connectivity index (χ3v) is 2.06. The maximum Gasteiger partial charge on any atom is 0.115 e. The molecule has 11 heavy (non-hydrogen) atoms. The van der Waals surface area contributed by atoms with Crippen molar-refractivity contribution < 1.29 is 0 Å². The Kier molecular flexibility index (Phi) is 2.39. The molecule has 1 unspecified atom stereocenters. The molecule has 3 nitrogen and oxygen atoms in total. The number of nitrogens with zero attached hydrogens (tertiary/aromatic N) is 3. The van der Waals surface area contributed by atoms with Crippen molar-refractivity contribution in [3.05, 3.63) is 12.4 Å². The molecular formula is C8H17N3. The van der Waals surface area contributed by atoms with Gasteiger partial charge in [-0.1, -0.05) is 6.92 Å². The van der Waals surface area contributed by atoms with Crippen LogP contribution in [0.4, 0.5) is 0 Å². The van der Waals surface area contributed by atoms with Crippen LogP contribution in [0.15, 0.2) is 12.4 Å². The van der Waals surface area contributed by atoms with Gasteiger partial charge in [0.15, 0.2) is 0 Å². The van der Waals surface area contributed by atoms with Crippen molar-refractivity contribution in [3.63, 3.8) is 0 Å². The van der Waals surface area contributed by atoms with Crippen LogP contribution in [-0.4, -0.2) is 42.2 Å². The SMILES string of the molecule is CCC1N(C)C=CN1N(C)C. The standard InChI is InChI=1S/C8H17N3/c1-5-8-10(4)6-7-11(8)9(2)3/h6-8H,5H2,1-4H3. The average molecular weight is 155 g/mol. The Labute approximate surface area is 68.8 Å². The van der Waals surface area contributed by atoms with E-state index in [1.54, 1.807) is 0 Å². The van der Waals surface area contributed by atoms with Crippen molar-refractivity contribution in [3.8, 4) is 0 Å². The zero-order valence-electron chi connectivity index (χ0n) is 7.78. The Balaban J connectivity index is 2.61. The summed E-state index contributed by atoms with van der Waals surface area (Å²) in [5.41, 5.74) is 0. The van der Waals surface area contributed by atoms with E-state index >= 15 is 0 Å². The number of hydrazine groups is 1. The topological polar surface area (TPSA) is 9.72 Å². The van der Waals surface area contributed by atoms with Gasteiger partial charge in [-0.05, 0) is 6.42 Å². The lowest BCUT2D eigenvalue weighted by Gasteiger charge is -2.33. The summed E-state index contributed by atoms with van der Waals surface area (Å²) >= 11 is 0. The quantitative estimate of drug-likeness (QED) is 0.587. The molecule has 0 aliphatic carbocycles. The van der Waals surface area contributed by atoms with E-state index in [2.05, 4.69) is 55.4 Å². The maximum atomic E-state index is 2.22. The van der Waals surface area contributed by atoms with Crippen molar-refractivity contribution in [1.29, 1.82) is 0 Å². The molecule has 1 aliphatic heterocycles. The molecule has 0 saturated heterocycles. The summed E-state index contributed by atoms with van der Waals surface area (Å²) in [6.07, 6.45) is 5.86. The summed E-state index contributed by atoms with van der Waals surface area (Å²) in [6.45, 7) is 2.20. The van der Waals surface area contributed by atoms with E-state index in [1.807, 2.05) is 0 Å². The van der Waals surface area contributed by atoms with Gasteiger partial charge < -0.3 is 4.90 Å². The Morgan fingerprint density at radius 3 is 2.36 bits per heavy atom. The first-order valence-corrected chi connectivity index (χ1v) is 4.02. The zero-order chi connectivity index (χ0) is 8.43. The van der Waals surface area contributed by atoms with Crippen LogP contribution < -0.4 is 0 Å². The summed E-state index contributed by atoms with van der Waals surface area (Å²) in [7, 11) is 6.23. The zero-order valence-corrected chi connectivity index (χ0v) is 7.78. The van der Waals surface area contributed by atoms with E-state index in [0.717, 1.165) is 6.42 Å². The molecule has 1 atom stereocenters. The molecule has 0 amide bonds. The number of rotatable bonds is 2. The summed E-state index contributed by atoms with van der Waals surface area (Å²) in [6, 6.07) is 0. The van der Waals surface area contributed by atoms with Gasteiger partial charge in [-0.25, -0.2) is 5.01 Å². The van der Waals surface area contributed by atoms with E-state index in [4.69, 9.17) is 0 Å². The van der Waals surface area contributed by atoms with Crippen molar-refractivity contribution in [2.24, 2.45) is 0 Å². The highest BCUT2D eigenvalue weighted by molar-refractivity contribution is 4.92. The normalized spacial score (nSPS) is 23.9. The van der Waals surface area contributed by atoms with E-state index in [-0.39, 0.29) is 0 Å². The first kappa shape index (κ1) is 8.40. The molecule has 3 heteroatoms. The Morgan fingerprint density at radius 2 is 2.00 bits per heavy atom. The van der Waals surface area contributed by atoms with Crippen molar-refractivity contribution >= 4 is 0 Å². The highest BCUT2D eigenvalue weighted by Crippen LogP contribution is 2.16.